The first kappa shape index (κ1) is 20.7. The molecule has 0 radical (unpaired) electrons. The van der Waals surface area contributed by atoms with E-state index in [2.05, 4.69) is 26.7 Å². The average Bonchev–Trinajstić information content (AvgIpc) is 3.50. The summed E-state index contributed by atoms with van der Waals surface area (Å²) in [6, 6.07) is 4.83. The molecule has 0 aliphatic heterocycles. The van der Waals surface area contributed by atoms with Crippen molar-refractivity contribution in [3.05, 3.63) is 82.6 Å². The third kappa shape index (κ3) is 5.50. The third-order valence-electron chi connectivity index (χ3n) is 4.84. The molecule has 2 aromatic rings. The molecule has 2 atom stereocenters. The third-order valence-corrected chi connectivity index (χ3v) is 4.84. The highest BCUT2D eigenvalue weighted by Gasteiger charge is 2.41. The molecule has 0 amide bonds. The summed E-state index contributed by atoms with van der Waals surface area (Å²) >= 11 is 0. The van der Waals surface area contributed by atoms with Gasteiger partial charge in [-0.1, -0.05) is 17.7 Å². The summed E-state index contributed by atoms with van der Waals surface area (Å²) in [4.78, 5) is 16.6. The molecule has 1 fully saturated rings. The number of aromatic nitrogens is 2. The van der Waals surface area contributed by atoms with Gasteiger partial charge in [0.05, 0.1) is 6.54 Å². The number of rotatable bonds is 8. The molecule has 29 heavy (non-hydrogen) atoms. The van der Waals surface area contributed by atoms with Crippen LogP contribution in [-0.2, 0) is 13.0 Å². The van der Waals surface area contributed by atoms with Crippen LogP contribution in [0.5, 0.6) is 0 Å². The summed E-state index contributed by atoms with van der Waals surface area (Å²) in [6.45, 7) is 7.77. The summed E-state index contributed by atoms with van der Waals surface area (Å²) in [6.07, 6.45) is 9.88. The van der Waals surface area contributed by atoms with E-state index in [1.165, 1.54) is 6.07 Å². The zero-order chi connectivity index (χ0) is 20.8. The van der Waals surface area contributed by atoms with Crippen LogP contribution in [0.3, 0.4) is 0 Å². The van der Waals surface area contributed by atoms with Crippen molar-refractivity contribution in [3.63, 3.8) is 0 Å². The number of allylic oxidation sites excluding steroid dienone is 3. The van der Waals surface area contributed by atoms with Crippen molar-refractivity contribution in [1.29, 1.82) is 0 Å². The molecule has 150 valence electrons. The maximum Gasteiger partial charge on any atom is 0.162 e. The van der Waals surface area contributed by atoms with Crippen LogP contribution in [0.2, 0.25) is 0 Å². The van der Waals surface area contributed by atoms with E-state index < -0.39 is 11.6 Å². The van der Waals surface area contributed by atoms with Gasteiger partial charge in [0.1, 0.15) is 5.82 Å². The van der Waals surface area contributed by atoms with E-state index in [9.17, 15) is 8.78 Å². The van der Waals surface area contributed by atoms with E-state index in [1.54, 1.807) is 36.9 Å². The highest BCUT2D eigenvalue weighted by Crippen LogP contribution is 2.51. The van der Waals surface area contributed by atoms with E-state index in [-0.39, 0.29) is 11.8 Å². The Bertz CT molecular complexity index is 960. The number of halogens is 2. The molecule has 6 heteroatoms. The Balaban J connectivity index is 1.74. The van der Waals surface area contributed by atoms with Crippen LogP contribution >= 0.6 is 0 Å². The minimum Gasteiger partial charge on any atom is -0.285 e. The fourth-order valence-corrected chi connectivity index (χ4v) is 3.25. The Morgan fingerprint density at radius 2 is 2.00 bits per heavy atom. The van der Waals surface area contributed by atoms with Gasteiger partial charge in [-0.3, -0.25) is 9.98 Å². The highest BCUT2D eigenvalue weighted by atomic mass is 19.2. The zero-order valence-electron chi connectivity index (χ0n) is 16.6. The van der Waals surface area contributed by atoms with Crippen molar-refractivity contribution >= 4 is 12.9 Å². The second-order valence-corrected chi connectivity index (χ2v) is 7.36. The van der Waals surface area contributed by atoms with Crippen molar-refractivity contribution < 1.29 is 8.78 Å². The molecular formula is C23H24F2N4. The quantitative estimate of drug-likeness (QED) is 0.455. The lowest BCUT2D eigenvalue weighted by Gasteiger charge is -2.07. The van der Waals surface area contributed by atoms with Crippen LogP contribution in [0.15, 0.2) is 64.0 Å². The van der Waals surface area contributed by atoms with Gasteiger partial charge in [0.2, 0.25) is 0 Å². The smallest absolute Gasteiger partial charge is 0.162 e. The molecule has 0 saturated heterocycles. The second-order valence-electron chi connectivity index (χ2n) is 7.36. The molecule has 4 nitrogen and oxygen atoms in total. The van der Waals surface area contributed by atoms with Crippen molar-refractivity contribution in [2.24, 2.45) is 15.9 Å². The Hall–Kier alpha value is -3.02. The maximum atomic E-state index is 14.1. The normalized spacial score (nSPS) is 18.7. The molecule has 2 unspecified atom stereocenters. The minimum absolute atomic E-state index is 0.114. The van der Waals surface area contributed by atoms with Crippen molar-refractivity contribution in [2.45, 2.75) is 39.2 Å². The van der Waals surface area contributed by atoms with Gasteiger partial charge < -0.3 is 0 Å². The van der Waals surface area contributed by atoms with Crippen molar-refractivity contribution in [2.75, 3.05) is 0 Å². The van der Waals surface area contributed by atoms with E-state index in [1.807, 2.05) is 19.9 Å². The lowest BCUT2D eigenvalue weighted by Crippen LogP contribution is -1.99. The highest BCUT2D eigenvalue weighted by molar-refractivity contribution is 5.80. The monoisotopic (exact) mass is 394 g/mol. The average molecular weight is 394 g/mol. The fraction of sp³-hybridized carbons (Fsp3) is 0.304. The van der Waals surface area contributed by atoms with Gasteiger partial charge in [-0.15, -0.1) is 0 Å². The predicted molar refractivity (Wildman–Crippen MR) is 112 cm³/mol. The van der Waals surface area contributed by atoms with Crippen molar-refractivity contribution in [1.82, 2.24) is 9.97 Å². The molecule has 1 aliphatic rings. The topological polar surface area (TPSA) is 50.5 Å². The van der Waals surface area contributed by atoms with E-state index >= 15 is 0 Å². The largest absolute Gasteiger partial charge is 0.285 e. The Morgan fingerprint density at radius 3 is 2.69 bits per heavy atom. The predicted octanol–water partition coefficient (Wildman–Crippen LogP) is 5.22. The van der Waals surface area contributed by atoms with E-state index in [0.29, 0.717) is 24.4 Å². The molecule has 1 aromatic carbocycles. The van der Waals surface area contributed by atoms with Crippen LogP contribution in [0.4, 0.5) is 8.78 Å². The van der Waals surface area contributed by atoms with Gasteiger partial charge in [0.15, 0.2) is 11.6 Å². The molecule has 1 aromatic heterocycles. The van der Waals surface area contributed by atoms with Gasteiger partial charge in [-0.25, -0.2) is 18.7 Å². The molecule has 1 saturated carbocycles. The van der Waals surface area contributed by atoms with E-state index in [0.717, 1.165) is 23.1 Å². The lowest BCUT2D eigenvalue weighted by molar-refractivity contribution is 0.499. The molecular weight excluding hydrogens is 370 g/mol. The van der Waals surface area contributed by atoms with Gasteiger partial charge in [0.25, 0.3) is 0 Å². The van der Waals surface area contributed by atoms with Crippen LogP contribution in [-0.4, -0.2) is 22.9 Å². The molecule has 1 heterocycles. The van der Waals surface area contributed by atoms with Crippen LogP contribution < -0.4 is 0 Å². The Labute approximate surface area is 169 Å². The Morgan fingerprint density at radius 1 is 1.24 bits per heavy atom. The molecule has 3 rings (SSSR count). The minimum atomic E-state index is -0.799. The van der Waals surface area contributed by atoms with Crippen LogP contribution in [0, 0.1) is 17.6 Å². The molecule has 0 spiro atoms. The van der Waals surface area contributed by atoms with Crippen LogP contribution in [0.1, 0.15) is 43.1 Å². The van der Waals surface area contributed by atoms with Gasteiger partial charge >= 0.3 is 0 Å². The summed E-state index contributed by atoms with van der Waals surface area (Å²) < 4.78 is 28.3. The first-order valence-electron chi connectivity index (χ1n) is 9.52. The number of hydrogen-bond acceptors (Lipinski definition) is 4. The van der Waals surface area contributed by atoms with Gasteiger partial charge in [0, 0.05) is 24.8 Å². The number of benzene rings is 1. The molecule has 1 aliphatic carbocycles. The number of aliphatic imine (C=N–C) groups is 2. The number of nitrogens with zero attached hydrogens (tertiary/aromatic N) is 4. The lowest BCUT2D eigenvalue weighted by atomic mass is 10.0. The second kappa shape index (κ2) is 9.45. The fourth-order valence-electron chi connectivity index (χ4n) is 3.25. The first-order valence-corrected chi connectivity index (χ1v) is 9.52. The standard InChI is InChI=1S/C23H24F2N4/c1-15(2)5-6-16-9-17(10-21(24)23(16)25)19-11-20(19)18(12-26-3)13-27-14-22-28-7-4-8-29-22/h4-5,7-10,12-13,19-20H,3,6,11,14H2,1-2H3/b18-12+,27-13-. The van der Waals surface area contributed by atoms with Crippen molar-refractivity contribution in [3.8, 4) is 0 Å². The first-order chi connectivity index (χ1) is 14.0. The van der Waals surface area contributed by atoms with Gasteiger partial charge in [-0.2, -0.15) is 0 Å². The Kier molecular flexibility index (Phi) is 6.75. The molecule has 0 bridgehead atoms. The summed E-state index contributed by atoms with van der Waals surface area (Å²) in [5.41, 5.74) is 3.17. The SMILES string of the molecule is C=N/C=C(\C=N/Cc1ncccn1)C1CC1c1cc(F)c(F)c(CC=C(C)C)c1. The summed E-state index contributed by atoms with van der Waals surface area (Å²) in [5, 5.41) is 0. The number of hydrogen-bond donors (Lipinski definition) is 0. The summed E-state index contributed by atoms with van der Waals surface area (Å²) in [5.74, 6) is -0.666. The van der Waals surface area contributed by atoms with E-state index in [4.69, 9.17) is 0 Å². The van der Waals surface area contributed by atoms with Gasteiger partial charge in [-0.05, 0) is 74.1 Å². The summed E-state index contributed by atoms with van der Waals surface area (Å²) in [7, 11) is 0. The maximum absolute atomic E-state index is 14.1. The zero-order valence-corrected chi connectivity index (χ0v) is 16.6. The van der Waals surface area contributed by atoms with Crippen LogP contribution in [0.25, 0.3) is 0 Å². The molecule has 0 N–H and O–H groups in total.